The number of carbonyl (C=O) groups excluding carboxylic acids is 1. The Morgan fingerprint density at radius 1 is 0.838 bits per heavy atom. The van der Waals surface area contributed by atoms with Crippen LogP contribution in [0.15, 0.2) is 97.2 Å². The standard InChI is InChI=1S/C31H24N4OS/c1-20-16-21(2)29-28(17-20)34-31(37-29)35(19-23-12-8-9-15-32-23)30(36)25-18-27(22-10-4-3-5-11-22)33-26-14-7-6-13-24(25)26/h3-18H,19H2,1-2H3. The molecule has 0 atom stereocenters. The predicted molar refractivity (Wildman–Crippen MR) is 151 cm³/mol. The lowest BCUT2D eigenvalue weighted by molar-refractivity contribution is 0.0986. The van der Waals surface area contributed by atoms with Gasteiger partial charge in [-0.05, 0) is 55.3 Å². The van der Waals surface area contributed by atoms with Crippen molar-refractivity contribution in [3.8, 4) is 11.3 Å². The lowest BCUT2D eigenvalue weighted by Gasteiger charge is -2.21. The van der Waals surface area contributed by atoms with Crippen molar-refractivity contribution in [2.45, 2.75) is 20.4 Å². The Bertz CT molecular complexity index is 1750. The maximum absolute atomic E-state index is 14.4. The molecule has 0 unspecified atom stereocenters. The fourth-order valence-corrected chi connectivity index (χ4v) is 5.63. The van der Waals surface area contributed by atoms with Gasteiger partial charge in [0.15, 0.2) is 5.13 Å². The van der Waals surface area contributed by atoms with Gasteiger partial charge in [-0.2, -0.15) is 0 Å². The summed E-state index contributed by atoms with van der Waals surface area (Å²) in [6.45, 7) is 4.47. The summed E-state index contributed by atoms with van der Waals surface area (Å²) in [5.41, 5.74) is 7.10. The van der Waals surface area contributed by atoms with Crippen LogP contribution in [0, 0.1) is 13.8 Å². The normalized spacial score (nSPS) is 11.2. The van der Waals surface area contributed by atoms with Gasteiger partial charge in [0.2, 0.25) is 0 Å². The molecule has 6 rings (SSSR count). The van der Waals surface area contributed by atoms with Crippen molar-refractivity contribution in [3.63, 3.8) is 0 Å². The zero-order valence-electron chi connectivity index (χ0n) is 20.6. The minimum Gasteiger partial charge on any atom is -0.278 e. The van der Waals surface area contributed by atoms with Gasteiger partial charge in [0.1, 0.15) is 0 Å². The fourth-order valence-electron chi connectivity index (χ4n) is 4.61. The lowest BCUT2D eigenvalue weighted by Crippen LogP contribution is -2.31. The van der Waals surface area contributed by atoms with E-state index in [0.717, 1.165) is 49.2 Å². The van der Waals surface area contributed by atoms with Gasteiger partial charge < -0.3 is 0 Å². The van der Waals surface area contributed by atoms with Crippen LogP contribution in [-0.4, -0.2) is 20.9 Å². The monoisotopic (exact) mass is 500 g/mol. The minimum atomic E-state index is -0.130. The third-order valence-electron chi connectivity index (χ3n) is 6.35. The molecular weight excluding hydrogens is 476 g/mol. The van der Waals surface area contributed by atoms with Crippen LogP contribution >= 0.6 is 11.3 Å². The second-order valence-electron chi connectivity index (χ2n) is 9.08. The molecule has 180 valence electrons. The number of pyridine rings is 2. The smallest absolute Gasteiger partial charge is 0.261 e. The number of amides is 1. The molecule has 3 aromatic heterocycles. The molecule has 6 heteroatoms. The summed E-state index contributed by atoms with van der Waals surface area (Å²) < 4.78 is 1.09. The third kappa shape index (κ3) is 4.47. The maximum Gasteiger partial charge on any atom is 0.261 e. The molecule has 1 amide bonds. The number of carbonyl (C=O) groups is 1. The molecule has 0 saturated carbocycles. The molecule has 0 fully saturated rings. The van der Waals surface area contributed by atoms with Gasteiger partial charge in [-0.15, -0.1) is 0 Å². The van der Waals surface area contributed by atoms with E-state index in [4.69, 9.17) is 9.97 Å². The molecule has 6 aromatic rings. The number of para-hydroxylation sites is 1. The minimum absolute atomic E-state index is 0.130. The van der Waals surface area contributed by atoms with Crippen LogP contribution in [0.25, 0.3) is 32.4 Å². The lowest BCUT2D eigenvalue weighted by atomic mass is 10.0. The van der Waals surface area contributed by atoms with Gasteiger partial charge >= 0.3 is 0 Å². The summed E-state index contributed by atoms with van der Waals surface area (Å²) >= 11 is 1.54. The number of rotatable bonds is 5. The first-order valence-corrected chi connectivity index (χ1v) is 12.9. The number of hydrogen-bond acceptors (Lipinski definition) is 5. The van der Waals surface area contributed by atoms with E-state index in [0.29, 0.717) is 17.2 Å². The van der Waals surface area contributed by atoms with Crippen LogP contribution in [0.3, 0.4) is 0 Å². The van der Waals surface area contributed by atoms with E-state index in [-0.39, 0.29) is 5.91 Å². The molecule has 0 N–H and O–H groups in total. The Morgan fingerprint density at radius 2 is 1.62 bits per heavy atom. The zero-order valence-corrected chi connectivity index (χ0v) is 21.4. The van der Waals surface area contributed by atoms with Crippen molar-refractivity contribution in [1.82, 2.24) is 15.0 Å². The van der Waals surface area contributed by atoms with Crippen molar-refractivity contribution < 1.29 is 4.79 Å². The molecule has 5 nitrogen and oxygen atoms in total. The molecular formula is C31H24N4OS. The molecule has 0 saturated heterocycles. The highest BCUT2D eigenvalue weighted by Gasteiger charge is 2.25. The zero-order chi connectivity index (χ0) is 25.4. The van der Waals surface area contributed by atoms with Crippen LogP contribution in [0.4, 0.5) is 5.13 Å². The molecule has 0 spiro atoms. The molecule has 0 aliphatic heterocycles. The van der Waals surface area contributed by atoms with Crippen molar-refractivity contribution in [1.29, 1.82) is 0 Å². The molecule has 0 aliphatic carbocycles. The van der Waals surface area contributed by atoms with Crippen molar-refractivity contribution in [3.05, 3.63) is 120 Å². The molecule has 0 bridgehead atoms. The first kappa shape index (κ1) is 23.0. The van der Waals surface area contributed by atoms with Crippen LogP contribution < -0.4 is 4.90 Å². The Kier molecular flexibility index (Phi) is 5.94. The Morgan fingerprint density at radius 3 is 2.43 bits per heavy atom. The summed E-state index contributed by atoms with van der Waals surface area (Å²) in [7, 11) is 0. The largest absolute Gasteiger partial charge is 0.278 e. The number of fused-ring (bicyclic) bond motifs is 2. The SMILES string of the molecule is Cc1cc(C)c2sc(N(Cc3ccccn3)C(=O)c3cc(-c4ccccc4)nc4ccccc34)nc2c1. The van der Waals surface area contributed by atoms with E-state index in [1.165, 1.54) is 11.3 Å². The predicted octanol–water partition coefficient (Wildman–Crippen LogP) is 7.37. The van der Waals surface area contributed by atoms with Gasteiger partial charge in [0, 0.05) is 17.1 Å². The first-order valence-electron chi connectivity index (χ1n) is 12.1. The average molecular weight is 501 g/mol. The summed E-state index contributed by atoms with van der Waals surface area (Å²) in [5.74, 6) is -0.130. The van der Waals surface area contributed by atoms with E-state index in [1.807, 2.05) is 78.9 Å². The number of nitrogens with zero attached hydrogens (tertiary/aromatic N) is 4. The number of aryl methyl sites for hydroxylation is 2. The van der Waals surface area contributed by atoms with E-state index in [9.17, 15) is 4.79 Å². The highest BCUT2D eigenvalue weighted by molar-refractivity contribution is 7.22. The number of aromatic nitrogens is 3. The van der Waals surface area contributed by atoms with E-state index < -0.39 is 0 Å². The molecule has 3 heterocycles. The van der Waals surface area contributed by atoms with Crippen LogP contribution in [0.5, 0.6) is 0 Å². The summed E-state index contributed by atoms with van der Waals surface area (Å²) in [4.78, 5) is 30.4. The molecule has 0 radical (unpaired) electrons. The van der Waals surface area contributed by atoms with Gasteiger partial charge in [0.05, 0.1) is 39.2 Å². The van der Waals surface area contributed by atoms with E-state index in [1.54, 1.807) is 11.1 Å². The topological polar surface area (TPSA) is 59.0 Å². The Hall–Kier alpha value is -4.42. The first-order chi connectivity index (χ1) is 18.1. The van der Waals surface area contributed by atoms with Gasteiger partial charge in [-0.25, -0.2) is 9.97 Å². The number of thiazole rings is 1. The van der Waals surface area contributed by atoms with Crippen LogP contribution in [-0.2, 0) is 6.54 Å². The second-order valence-corrected chi connectivity index (χ2v) is 10.1. The van der Waals surface area contributed by atoms with E-state index >= 15 is 0 Å². The summed E-state index contributed by atoms with van der Waals surface area (Å²) in [6, 6.07) is 29.6. The second kappa shape index (κ2) is 9.56. The van der Waals surface area contributed by atoms with Gasteiger partial charge in [-0.3, -0.25) is 14.7 Å². The fraction of sp³-hybridized carbons (Fsp3) is 0.0968. The molecule has 3 aromatic carbocycles. The van der Waals surface area contributed by atoms with Gasteiger partial charge in [0.25, 0.3) is 5.91 Å². The van der Waals surface area contributed by atoms with Gasteiger partial charge in [-0.1, -0.05) is 72.0 Å². The van der Waals surface area contributed by atoms with Crippen LogP contribution in [0.2, 0.25) is 0 Å². The molecule has 0 aliphatic rings. The summed E-state index contributed by atoms with van der Waals surface area (Å²) in [5, 5.41) is 1.47. The highest BCUT2D eigenvalue weighted by Crippen LogP contribution is 2.35. The number of anilines is 1. The average Bonchev–Trinajstić information content (AvgIpc) is 3.36. The Labute approximate surface area is 219 Å². The van der Waals surface area contributed by atoms with Crippen LogP contribution in [0.1, 0.15) is 27.2 Å². The highest BCUT2D eigenvalue weighted by atomic mass is 32.1. The molecule has 37 heavy (non-hydrogen) atoms. The Balaban J connectivity index is 1.53. The van der Waals surface area contributed by atoms with E-state index in [2.05, 4.69) is 31.0 Å². The van der Waals surface area contributed by atoms with Crippen molar-refractivity contribution >= 4 is 43.5 Å². The number of hydrogen-bond donors (Lipinski definition) is 0. The van der Waals surface area contributed by atoms with Crippen molar-refractivity contribution in [2.75, 3.05) is 4.90 Å². The van der Waals surface area contributed by atoms with Crippen molar-refractivity contribution in [2.24, 2.45) is 0 Å². The maximum atomic E-state index is 14.4. The summed E-state index contributed by atoms with van der Waals surface area (Å²) in [6.07, 6.45) is 1.75. The number of benzene rings is 3. The quantitative estimate of drug-likeness (QED) is 0.248. The third-order valence-corrected chi connectivity index (χ3v) is 7.58.